The van der Waals surface area contributed by atoms with Gasteiger partial charge in [0.1, 0.15) is 5.75 Å². The molecule has 0 radical (unpaired) electrons. The fraction of sp³-hybridized carbons (Fsp3) is 0.381. The number of hydrogen-bond donors (Lipinski definition) is 1. The largest absolute Gasteiger partial charge is 0.484 e. The molecule has 3 nitrogen and oxygen atoms in total. The third-order valence-corrected chi connectivity index (χ3v) is 4.03. The van der Waals surface area contributed by atoms with E-state index >= 15 is 0 Å². The van der Waals surface area contributed by atoms with Crippen molar-refractivity contribution >= 4 is 5.91 Å². The quantitative estimate of drug-likeness (QED) is 0.784. The molecule has 2 rings (SSSR count). The van der Waals surface area contributed by atoms with Crippen LogP contribution in [0.4, 0.5) is 0 Å². The van der Waals surface area contributed by atoms with Crippen LogP contribution >= 0.6 is 0 Å². The van der Waals surface area contributed by atoms with Crippen molar-refractivity contribution in [2.45, 2.75) is 45.6 Å². The highest BCUT2D eigenvalue weighted by atomic mass is 16.5. The van der Waals surface area contributed by atoms with E-state index in [1.165, 1.54) is 11.1 Å². The van der Waals surface area contributed by atoms with Crippen LogP contribution in [0.5, 0.6) is 5.75 Å². The van der Waals surface area contributed by atoms with Gasteiger partial charge in [-0.05, 0) is 48.9 Å². The van der Waals surface area contributed by atoms with Crippen LogP contribution in [0, 0.1) is 0 Å². The average molecular weight is 325 g/mol. The van der Waals surface area contributed by atoms with E-state index in [9.17, 15) is 4.79 Å². The lowest BCUT2D eigenvalue weighted by Gasteiger charge is -2.14. The number of carbonyl (C=O) groups excluding carboxylic acids is 1. The van der Waals surface area contributed by atoms with Gasteiger partial charge in [0.2, 0.25) is 0 Å². The minimum atomic E-state index is -0.0801. The van der Waals surface area contributed by atoms with E-state index in [-0.39, 0.29) is 18.6 Å². The number of amides is 1. The molecular weight excluding hydrogens is 298 g/mol. The van der Waals surface area contributed by atoms with E-state index in [4.69, 9.17) is 4.74 Å². The summed E-state index contributed by atoms with van der Waals surface area (Å²) in [5.41, 5.74) is 2.56. The molecule has 1 amide bonds. The molecule has 2 aromatic rings. The van der Waals surface area contributed by atoms with E-state index in [1.807, 2.05) is 49.4 Å². The van der Waals surface area contributed by atoms with Gasteiger partial charge in [-0.25, -0.2) is 0 Å². The standard InChI is InChI=1S/C21H27NO2/c1-16(2)19-11-13-20(14-12-19)24-15-21(23)22-17(3)9-10-18-7-5-4-6-8-18/h4-8,11-14,16-17H,9-10,15H2,1-3H3,(H,22,23)/t17-/m0/s1. The Bertz CT molecular complexity index is 620. The highest BCUT2D eigenvalue weighted by Crippen LogP contribution is 2.18. The molecule has 0 aliphatic carbocycles. The molecule has 2 aromatic carbocycles. The Balaban J connectivity index is 1.70. The van der Waals surface area contributed by atoms with Crippen molar-refractivity contribution in [3.63, 3.8) is 0 Å². The highest BCUT2D eigenvalue weighted by molar-refractivity contribution is 5.77. The Morgan fingerprint density at radius 3 is 2.29 bits per heavy atom. The molecule has 0 aliphatic heterocycles. The van der Waals surface area contributed by atoms with Gasteiger partial charge in [0.05, 0.1) is 0 Å². The number of aryl methyl sites for hydroxylation is 1. The van der Waals surface area contributed by atoms with Crippen LogP contribution in [0.25, 0.3) is 0 Å². The fourth-order valence-electron chi connectivity index (χ4n) is 2.51. The molecule has 0 unspecified atom stereocenters. The summed E-state index contributed by atoms with van der Waals surface area (Å²) in [5, 5.41) is 2.99. The van der Waals surface area contributed by atoms with E-state index in [0.29, 0.717) is 5.92 Å². The predicted molar refractivity (Wildman–Crippen MR) is 98.4 cm³/mol. The lowest BCUT2D eigenvalue weighted by atomic mass is 10.0. The number of benzene rings is 2. The van der Waals surface area contributed by atoms with E-state index in [0.717, 1.165) is 18.6 Å². The molecule has 3 heteroatoms. The third kappa shape index (κ3) is 6.07. The fourth-order valence-corrected chi connectivity index (χ4v) is 2.51. The van der Waals surface area contributed by atoms with Crippen LogP contribution in [0.2, 0.25) is 0 Å². The first-order valence-corrected chi connectivity index (χ1v) is 8.60. The van der Waals surface area contributed by atoms with Gasteiger partial charge in [0, 0.05) is 6.04 Å². The highest BCUT2D eigenvalue weighted by Gasteiger charge is 2.08. The number of carbonyl (C=O) groups is 1. The molecule has 0 bridgehead atoms. The number of nitrogens with one attached hydrogen (secondary N) is 1. The van der Waals surface area contributed by atoms with Gasteiger partial charge in [-0.3, -0.25) is 4.79 Å². The number of hydrogen-bond acceptors (Lipinski definition) is 2. The van der Waals surface area contributed by atoms with Gasteiger partial charge in [0.25, 0.3) is 5.91 Å². The first kappa shape index (κ1) is 18.1. The topological polar surface area (TPSA) is 38.3 Å². The Morgan fingerprint density at radius 2 is 1.67 bits per heavy atom. The summed E-state index contributed by atoms with van der Waals surface area (Å²) in [5.74, 6) is 1.14. The van der Waals surface area contributed by atoms with Crippen LogP contribution in [-0.2, 0) is 11.2 Å². The van der Waals surface area contributed by atoms with Gasteiger partial charge in [-0.15, -0.1) is 0 Å². The van der Waals surface area contributed by atoms with Crippen LogP contribution in [-0.4, -0.2) is 18.6 Å². The monoisotopic (exact) mass is 325 g/mol. The van der Waals surface area contributed by atoms with E-state index in [1.54, 1.807) is 0 Å². The first-order chi connectivity index (χ1) is 11.5. The maximum Gasteiger partial charge on any atom is 0.258 e. The number of ether oxygens (including phenoxy) is 1. The Morgan fingerprint density at radius 1 is 1.00 bits per heavy atom. The minimum Gasteiger partial charge on any atom is -0.484 e. The molecule has 0 aromatic heterocycles. The molecule has 0 aliphatic rings. The zero-order chi connectivity index (χ0) is 17.4. The molecule has 0 saturated carbocycles. The van der Waals surface area contributed by atoms with Gasteiger partial charge in [0.15, 0.2) is 6.61 Å². The summed E-state index contributed by atoms with van der Waals surface area (Å²) < 4.78 is 5.55. The maximum absolute atomic E-state index is 12.0. The maximum atomic E-state index is 12.0. The lowest BCUT2D eigenvalue weighted by molar-refractivity contribution is -0.123. The zero-order valence-electron chi connectivity index (χ0n) is 14.8. The molecule has 0 heterocycles. The Labute approximate surface area is 145 Å². The molecule has 0 fully saturated rings. The van der Waals surface area contributed by atoms with Gasteiger partial charge >= 0.3 is 0 Å². The van der Waals surface area contributed by atoms with Crippen molar-refractivity contribution in [3.05, 3.63) is 65.7 Å². The van der Waals surface area contributed by atoms with Crippen LogP contribution in [0.1, 0.15) is 44.2 Å². The second-order valence-corrected chi connectivity index (χ2v) is 6.51. The van der Waals surface area contributed by atoms with Crippen LogP contribution < -0.4 is 10.1 Å². The first-order valence-electron chi connectivity index (χ1n) is 8.60. The van der Waals surface area contributed by atoms with Crippen molar-refractivity contribution in [1.82, 2.24) is 5.32 Å². The van der Waals surface area contributed by atoms with Crippen molar-refractivity contribution < 1.29 is 9.53 Å². The second-order valence-electron chi connectivity index (χ2n) is 6.51. The average Bonchev–Trinajstić information content (AvgIpc) is 2.59. The smallest absolute Gasteiger partial charge is 0.258 e. The molecule has 128 valence electrons. The molecular formula is C21H27NO2. The Hall–Kier alpha value is -2.29. The molecule has 0 spiro atoms. The summed E-state index contributed by atoms with van der Waals surface area (Å²) >= 11 is 0. The van der Waals surface area contributed by atoms with E-state index < -0.39 is 0 Å². The molecule has 1 atom stereocenters. The zero-order valence-corrected chi connectivity index (χ0v) is 14.8. The normalized spacial score (nSPS) is 12.0. The summed E-state index contributed by atoms with van der Waals surface area (Å²) in [7, 11) is 0. The van der Waals surface area contributed by atoms with Crippen LogP contribution in [0.3, 0.4) is 0 Å². The Kier molecular flexibility index (Phi) is 6.86. The molecule has 24 heavy (non-hydrogen) atoms. The third-order valence-electron chi connectivity index (χ3n) is 4.03. The summed E-state index contributed by atoms with van der Waals surface area (Å²) in [6, 6.07) is 18.4. The SMILES string of the molecule is CC(C)c1ccc(OCC(=O)N[C@@H](C)CCc2ccccc2)cc1. The van der Waals surface area contributed by atoms with Crippen molar-refractivity contribution in [3.8, 4) is 5.75 Å². The van der Waals surface area contributed by atoms with Gasteiger partial charge < -0.3 is 10.1 Å². The lowest BCUT2D eigenvalue weighted by Crippen LogP contribution is -2.36. The van der Waals surface area contributed by atoms with Crippen molar-refractivity contribution in [2.24, 2.45) is 0 Å². The predicted octanol–water partition coefficient (Wildman–Crippen LogP) is 4.33. The molecule has 0 saturated heterocycles. The number of rotatable bonds is 8. The summed E-state index contributed by atoms with van der Waals surface area (Å²) in [6.07, 6.45) is 1.87. The minimum absolute atomic E-state index is 0.0523. The molecule has 1 N–H and O–H groups in total. The van der Waals surface area contributed by atoms with Crippen molar-refractivity contribution in [2.75, 3.05) is 6.61 Å². The van der Waals surface area contributed by atoms with Gasteiger partial charge in [-0.2, -0.15) is 0 Å². The summed E-state index contributed by atoms with van der Waals surface area (Å²) in [6.45, 7) is 6.38. The van der Waals surface area contributed by atoms with Gasteiger partial charge in [-0.1, -0.05) is 56.3 Å². The van der Waals surface area contributed by atoms with Crippen molar-refractivity contribution in [1.29, 1.82) is 0 Å². The van der Waals surface area contributed by atoms with E-state index in [2.05, 4.69) is 31.3 Å². The summed E-state index contributed by atoms with van der Waals surface area (Å²) in [4.78, 5) is 12.0. The van der Waals surface area contributed by atoms with Crippen LogP contribution in [0.15, 0.2) is 54.6 Å². The second kappa shape index (κ2) is 9.11.